The Kier molecular flexibility index (Phi) is 6.75. The fraction of sp³-hybridized carbons (Fsp3) is 0.931. The molecule has 0 aromatic carbocycles. The molecule has 0 bridgehead atoms. The molecule has 0 amide bonds. The summed E-state index contributed by atoms with van der Waals surface area (Å²) in [5, 5.41) is 21.2. The van der Waals surface area contributed by atoms with Crippen LogP contribution < -0.4 is 0 Å². The molecule has 0 aromatic heterocycles. The summed E-state index contributed by atoms with van der Waals surface area (Å²) < 4.78 is 0. The third kappa shape index (κ3) is 4.54. The largest absolute Gasteiger partial charge is 0.393 e. The lowest BCUT2D eigenvalue weighted by molar-refractivity contribution is -0.0408. The Labute approximate surface area is 192 Å². The molecule has 0 aliphatic heterocycles. The molecule has 178 valence electrons. The topological polar surface area (TPSA) is 40.5 Å². The molecule has 2 nitrogen and oxygen atoms in total. The molecule has 0 saturated heterocycles. The lowest BCUT2D eigenvalue weighted by Crippen LogP contribution is -2.47. The van der Waals surface area contributed by atoms with Gasteiger partial charge in [0.05, 0.1) is 11.7 Å². The average Bonchev–Trinajstić information content (AvgIpc) is 3.06. The van der Waals surface area contributed by atoms with Crippen molar-refractivity contribution in [3.8, 4) is 0 Å². The number of rotatable bonds is 6. The molecule has 4 aliphatic rings. The Hall–Kier alpha value is -0.340. The number of aliphatic hydroxyl groups is 2. The molecule has 0 aromatic rings. The second kappa shape index (κ2) is 8.79. The predicted molar refractivity (Wildman–Crippen MR) is 130 cm³/mol. The number of allylic oxidation sites excluding steroid dienone is 1. The van der Waals surface area contributed by atoms with Crippen LogP contribution in [0.25, 0.3) is 0 Å². The van der Waals surface area contributed by atoms with Crippen molar-refractivity contribution >= 4 is 0 Å². The van der Waals surface area contributed by atoms with E-state index in [2.05, 4.69) is 40.7 Å². The minimum Gasteiger partial charge on any atom is -0.393 e. The molecule has 2 N–H and O–H groups in total. The van der Waals surface area contributed by atoms with Crippen LogP contribution in [0.2, 0.25) is 0 Å². The van der Waals surface area contributed by atoms with Gasteiger partial charge in [-0.3, -0.25) is 0 Å². The number of unbranched alkanes of at least 4 members (excludes halogenated alkanes) is 1. The van der Waals surface area contributed by atoms with Gasteiger partial charge < -0.3 is 10.2 Å². The second-order valence-corrected chi connectivity index (χ2v) is 13.3. The summed E-state index contributed by atoms with van der Waals surface area (Å²) in [5.41, 5.74) is 1.76. The maximum atomic E-state index is 10.9. The van der Waals surface area contributed by atoms with Crippen LogP contribution in [0, 0.1) is 40.4 Å². The van der Waals surface area contributed by atoms with Gasteiger partial charge in [-0.15, -0.1) is 0 Å². The smallest absolute Gasteiger partial charge is 0.0682 e. The first kappa shape index (κ1) is 23.8. The average molecular weight is 431 g/mol. The molecule has 31 heavy (non-hydrogen) atoms. The molecule has 1 unspecified atom stereocenters. The lowest BCUT2D eigenvalue weighted by atomic mass is 9.51. The van der Waals surface area contributed by atoms with Gasteiger partial charge in [0.15, 0.2) is 0 Å². The molecule has 2 heteroatoms. The Morgan fingerprint density at radius 1 is 1.06 bits per heavy atom. The minimum atomic E-state index is -0.419. The molecule has 0 heterocycles. The van der Waals surface area contributed by atoms with Gasteiger partial charge in [-0.1, -0.05) is 59.1 Å². The van der Waals surface area contributed by atoms with E-state index in [0.29, 0.717) is 5.41 Å². The van der Waals surface area contributed by atoms with E-state index >= 15 is 0 Å². The highest BCUT2D eigenvalue weighted by Gasteiger charge is 2.55. The molecule has 3 fully saturated rings. The number of hydrogen-bond acceptors (Lipinski definition) is 2. The zero-order valence-electron chi connectivity index (χ0n) is 21.1. The Morgan fingerprint density at radius 2 is 1.84 bits per heavy atom. The van der Waals surface area contributed by atoms with Crippen molar-refractivity contribution in [1.82, 2.24) is 0 Å². The standard InChI is InChI=1S/C29H50O2/c1-6-29(31)18-16-22-20(19-29)11-13-24-23(22)15-17-28(5)21(12-14-25(24)28)9-7-8-10-26(30)27(2,3)4/h11,21-26,30-31H,6-10,12-19H2,1-5H3/t21-,22-,23+,24+,25-,26?,28+,29-/m0/s1. The SMILES string of the molecule is CC[C@]1(O)CC[C@H]2C(=CC[C@@H]3[C@@H]2CC[C@]2(C)[C@@H](CCCCC(O)C(C)(C)C)CC[C@@H]32)C1. The summed E-state index contributed by atoms with van der Waals surface area (Å²) in [5.74, 6) is 4.37. The summed E-state index contributed by atoms with van der Waals surface area (Å²) in [6.45, 7) is 11.3. The number of aliphatic hydroxyl groups excluding tert-OH is 1. The third-order valence-corrected chi connectivity index (χ3v) is 10.7. The molecule has 0 spiro atoms. The van der Waals surface area contributed by atoms with E-state index in [-0.39, 0.29) is 11.5 Å². The fourth-order valence-corrected chi connectivity index (χ4v) is 8.41. The van der Waals surface area contributed by atoms with Gasteiger partial charge in [0, 0.05) is 0 Å². The highest BCUT2D eigenvalue weighted by molar-refractivity contribution is 5.21. The normalized spacial score (nSPS) is 43.6. The van der Waals surface area contributed by atoms with Crippen molar-refractivity contribution in [3.63, 3.8) is 0 Å². The molecular weight excluding hydrogens is 380 g/mol. The monoisotopic (exact) mass is 430 g/mol. The number of fused-ring (bicyclic) bond motifs is 5. The Morgan fingerprint density at radius 3 is 2.55 bits per heavy atom. The first-order valence-corrected chi connectivity index (χ1v) is 13.7. The van der Waals surface area contributed by atoms with Crippen LogP contribution in [-0.2, 0) is 0 Å². The van der Waals surface area contributed by atoms with Gasteiger partial charge in [-0.05, 0) is 111 Å². The summed E-state index contributed by atoms with van der Waals surface area (Å²) in [4.78, 5) is 0. The van der Waals surface area contributed by atoms with E-state index in [4.69, 9.17) is 0 Å². The van der Waals surface area contributed by atoms with Gasteiger partial charge in [0.25, 0.3) is 0 Å². The van der Waals surface area contributed by atoms with Crippen LogP contribution in [-0.4, -0.2) is 21.9 Å². The summed E-state index contributed by atoms with van der Waals surface area (Å²) >= 11 is 0. The summed E-state index contributed by atoms with van der Waals surface area (Å²) in [6.07, 6.45) is 18.3. The zero-order chi connectivity index (χ0) is 22.4. The molecular formula is C29H50O2. The van der Waals surface area contributed by atoms with Gasteiger partial charge in [0.1, 0.15) is 0 Å². The van der Waals surface area contributed by atoms with E-state index in [0.717, 1.165) is 55.3 Å². The van der Waals surface area contributed by atoms with Gasteiger partial charge in [-0.25, -0.2) is 0 Å². The van der Waals surface area contributed by atoms with E-state index in [1.54, 1.807) is 5.57 Å². The highest BCUT2D eigenvalue weighted by atomic mass is 16.3. The Balaban J connectivity index is 1.36. The van der Waals surface area contributed by atoms with Crippen LogP contribution in [0.5, 0.6) is 0 Å². The first-order valence-electron chi connectivity index (χ1n) is 13.7. The van der Waals surface area contributed by atoms with Crippen molar-refractivity contribution in [3.05, 3.63) is 11.6 Å². The van der Waals surface area contributed by atoms with Crippen LogP contribution in [0.3, 0.4) is 0 Å². The van der Waals surface area contributed by atoms with Gasteiger partial charge >= 0.3 is 0 Å². The molecule has 0 radical (unpaired) electrons. The van der Waals surface area contributed by atoms with Crippen LogP contribution in [0.1, 0.15) is 118 Å². The fourth-order valence-electron chi connectivity index (χ4n) is 8.41. The first-order chi connectivity index (χ1) is 14.6. The van der Waals surface area contributed by atoms with Gasteiger partial charge in [0.2, 0.25) is 0 Å². The van der Waals surface area contributed by atoms with E-state index in [9.17, 15) is 10.2 Å². The van der Waals surface area contributed by atoms with Crippen molar-refractivity contribution in [2.75, 3.05) is 0 Å². The van der Waals surface area contributed by atoms with Crippen molar-refractivity contribution in [2.24, 2.45) is 40.4 Å². The van der Waals surface area contributed by atoms with Crippen molar-refractivity contribution in [1.29, 1.82) is 0 Å². The Bertz CT molecular complexity index is 660. The molecule has 8 atom stereocenters. The number of hydrogen-bond donors (Lipinski definition) is 2. The van der Waals surface area contributed by atoms with Crippen molar-refractivity contribution < 1.29 is 10.2 Å². The van der Waals surface area contributed by atoms with Crippen LogP contribution in [0.15, 0.2) is 11.6 Å². The van der Waals surface area contributed by atoms with Gasteiger partial charge in [-0.2, -0.15) is 0 Å². The minimum absolute atomic E-state index is 0.0160. The van der Waals surface area contributed by atoms with E-state index < -0.39 is 5.60 Å². The highest BCUT2D eigenvalue weighted by Crippen LogP contribution is 2.64. The zero-order valence-corrected chi connectivity index (χ0v) is 21.1. The second-order valence-electron chi connectivity index (χ2n) is 13.3. The van der Waals surface area contributed by atoms with Crippen molar-refractivity contribution in [2.45, 2.75) is 130 Å². The summed E-state index contributed by atoms with van der Waals surface area (Å²) in [6, 6.07) is 0. The molecule has 4 rings (SSSR count). The maximum Gasteiger partial charge on any atom is 0.0682 e. The van der Waals surface area contributed by atoms with Crippen LogP contribution >= 0.6 is 0 Å². The van der Waals surface area contributed by atoms with E-state index in [1.165, 1.54) is 57.8 Å². The molecule has 4 aliphatic carbocycles. The molecule has 3 saturated carbocycles. The van der Waals surface area contributed by atoms with Crippen LogP contribution in [0.4, 0.5) is 0 Å². The quantitative estimate of drug-likeness (QED) is 0.343. The lowest BCUT2D eigenvalue weighted by Gasteiger charge is -2.54. The third-order valence-electron chi connectivity index (χ3n) is 10.7. The maximum absolute atomic E-state index is 10.9. The predicted octanol–water partition coefficient (Wildman–Crippen LogP) is 7.28. The summed E-state index contributed by atoms with van der Waals surface area (Å²) in [7, 11) is 0. The van der Waals surface area contributed by atoms with E-state index in [1.807, 2.05) is 0 Å².